The van der Waals surface area contributed by atoms with Gasteiger partial charge in [-0.15, -0.1) is 0 Å². The second kappa shape index (κ2) is 6.46. The fourth-order valence-corrected chi connectivity index (χ4v) is 2.34. The average molecular weight is 303 g/mol. The molecule has 19 heavy (non-hydrogen) atoms. The predicted octanol–water partition coefficient (Wildman–Crippen LogP) is 2.18. The highest BCUT2D eigenvalue weighted by atomic mass is 35.5. The molecule has 1 aromatic carbocycles. The van der Waals surface area contributed by atoms with Crippen LogP contribution in [0, 0.1) is 5.92 Å². The number of carbonyl (C=O) groups is 1. The van der Waals surface area contributed by atoms with Crippen molar-refractivity contribution >= 4 is 29.1 Å². The van der Waals surface area contributed by atoms with Crippen LogP contribution in [-0.4, -0.2) is 37.0 Å². The van der Waals surface area contributed by atoms with Gasteiger partial charge in [-0.2, -0.15) is 0 Å². The number of carbonyl (C=O) groups excluding carboxylic acids is 1. The molecule has 1 fully saturated rings. The van der Waals surface area contributed by atoms with E-state index in [0.717, 1.165) is 19.5 Å². The molecule has 1 saturated heterocycles. The van der Waals surface area contributed by atoms with Gasteiger partial charge in [-0.1, -0.05) is 23.2 Å². The predicted molar refractivity (Wildman–Crippen MR) is 75.7 cm³/mol. The third kappa shape index (κ3) is 3.75. The Labute approximate surface area is 122 Å². The smallest absolute Gasteiger partial charge is 0.260 e. The van der Waals surface area contributed by atoms with Crippen molar-refractivity contribution in [3.8, 4) is 5.75 Å². The first-order chi connectivity index (χ1) is 9.10. The van der Waals surface area contributed by atoms with Crippen molar-refractivity contribution in [2.75, 3.05) is 26.2 Å². The molecule has 1 aliphatic rings. The Morgan fingerprint density at radius 1 is 1.42 bits per heavy atom. The Kier molecular flexibility index (Phi) is 4.91. The first-order valence-electron chi connectivity index (χ1n) is 6.16. The van der Waals surface area contributed by atoms with Crippen LogP contribution in [0.15, 0.2) is 18.2 Å². The van der Waals surface area contributed by atoms with Gasteiger partial charge < -0.3 is 15.4 Å². The number of benzene rings is 1. The van der Waals surface area contributed by atoms with Gasteiger partial charge in [0.25, 0.3) is 5.91 Å². The van der Waals surface area contributed by atoms with Gasteiger partial charge in [0.05, 0.1) is 10.0 Å². The summed E-state index contributed by atoms with van der Waals surface area (Å²) in [4.78, 5) is 13.7. The maximum absolute atomic E-state index is 11.9. The van der Waals surface area contributed by atoms with Crippen molar-refractivity contribution in [1.82, 2.24) is 4.90 Å². The Morgan fingerprint density at radius 2 is 2.21 bits per heavy atom. The summed E-state index contributed by atoms with van der Waals surface area (Å²) in [7, 11) is 0. The monoisotopic (exact) mass is 302 g/mol. The minimum absolute atomic E-state index is 0.00918. The molecule has 0 radical (unpaired) electrons. The first-order valence-corrected chi connectivity index (χ1v) is 6.91. The molecule has 1 aliphatic heterocycles. The van der Waals surface area contributed by atoms with E-state index in [4.69, 9.17) is 33.7 Å². The zero-order valence-electron chi connectivity index (χ0n) is 10.4. The van der Waals surface area contributed by atoms with E-state index in [2.05, 4.69) is 0 Å². The molecule has 104 valence electrons. The quantitative estimate of drug-likeness (QED) is 0.927. The van der Waals surface area contributed by atoms with Crippen molar-refractivity contribution in [3.05, 3.63) is 28.2 Å². The third-order valence-corrected chi connectivity index (χ3v) is 3.96. The standard InChI is InChI=1S/C13H16Cl2N2O2/c14-11-2-1-10(5-12(11)15)19-8-13(18)17-4-3-9(6-16)7-17/h1-2,5,9H,3-4,6-8,16H2/t9-/m1/s1. The number of rotatable bonds is 4. The largest absolute Gasteiger partial charge is 0.484 e. The zero-order chi connectivity index (χ0) is 13.8. The molecule has 0 aromatic heterocycles. The van der Waals surface area contributed by atoms with Crippen LogP contribution >= 0.6 is 23.2 Å². The summed E-state index contributed by atoms with van der Waals surface area (Å²) in [6.07, 6.45) is 0.967. The Balaban J connectivity index is 1.85. The molecule has 6 heteroatoms. The van der Waals surface area contributed by atoms with E-state index in [9.17, 15) is 4.79 Å². The second-order valence-electron chi connectivity index (χ2n) is 4.59. The highest BCUT2D eigenvalue weighted by Gasteiger charge is 2.25. The van der Waals surface area contributed by atoms with Crippen molar-refractivity contribution in [3.63, 3.8) is 0 Å². The van der Waals surface area contributed by atoms with Crippen LogP contribution in [0.4, 0.5) is 0 Å². The lowest BCUT2D eigenvalue weighted by Gasteiger charge is -2.16. The van der Waals surface area contributed by atoms with Gasteiger partial charge in [0.2, 0.25) is 0 Å². The Bertz CT molecular complexity index is 468. The van der Waals surface area contributed by atoms with E-state index in [1.54, 1.807) is 23.1 Å². The topological polar surface area (TPSA) is 55.6 Å². The summed E-state index contributed by atoms with van der Waals surface area (Å²) in [5, 5.41) is 0.877. The molecule has 1 aromatic rings. The highest BCUT2D eigenvalue weighted by molar-refractivity contribution is 6.42. The van der Waals surface area contributed by atoms with Gasteiger partial charge in [-0.25, -0.2) is 0 Å². The third-order valence-electron chi connectivity index (χ3n) is 3.23. The molecule has 0 unspecified atom stereocenters. The maximum atomic E-state index is 11.9. The normalized spacial score (nSPS) is 18.7. The fraction of sp³-hybridized carbons (Fsp3) is 0.462. The van der Waals surface area contributed by atoms with E-state index in [1.165, 1.54) is 0 Å². The van der Waals surface area contributed by atoms with Crippen LogP contribution in [0.5, 0.6) is 5.75 Å². The molecule has 2 N–H and O–H groups in total. The number of amides is 1. The molecular weight excluding hydrogens is 287 g/mol. The summed E-state index contributed by atoms with van der Waals surface area (Å²) in [5.74, 6) is 0.924. The number of nitrogens with zero attached hydrogens (tertiary/aromatic N) is 1. The molecular formula is C13H16Cl2N2O2. The lowest BCUT2D eigenvalue weighted by molar-refractivity contribution is -0.132. The van der Waals surface area contributed by atoms with E-state index in [-0.39, 0.29) is 12.5 Å². The summed E-state index contributed by atoms with van der Waals surface area (Å²) in [6.45, 7) is 2.11. The van der Waals surface area contributed by atoms with E-state index < -0.39 is 0 Å². The van der Waals surface area contributed by atoms with Gasteiger partial charge in [0.15, 0.2) is 6.61 Å². The average Bonchev–Trinajstić information content (AvgIpc) is 2.88. The molecule has 0 aliphatic carbocycles. The molecule has 0 saturated carbocycles. The van der Waals surface area contributed by atoms with Crippen molar-refractivity contribution in [1.29, 1.82) is 0 Å². The number of nitrogens with two attached hydrogens (primary N) is 1. The summed E-state index contributed by atoms with van der Waals surface area (Å²) >= 11 is 11.7. The van der Waals surface area contributed by atoms with Crippen LogP contribution in [0.1, 0.15) is 6.42 Å². The first kappa shape index (κ1) is 14.4. The molecule has 4 nitrogen and oxygen atoms in total. The van der Waals surface area contributed by atoms with Gasteiger partial charge in [0, 0.05) is 19.2 Å². The molecule has 0 spiro atoms. The fourth-order valence-electron chi connectivity index (χ4n) is 2.05. The minimum atomic E-state index is -0.0259. The van der Waals surface area contributed by atoms with Crippen LogP contribution < -0.4 is 10.5 Å². The maximum Gasteiger partial charge on any atom is 0.260 e. The van der Waals surface area contributed by atoms with Crippen molar-refractivity contribution in [2.24, 2.45) is 11.7 Å². The lowest BCUT2D eigenvalue weighted by atomic mass is 10.1. The molecule has 1 amide bonds. The zero-order valence-corrected chi connectivity index (χ0v) is 12.0. The van der Waals surface area contributed by atoms with Crippen molar-refractivity contribution < 1.29 is 9.53 Å². The van der Waals surface area contributed by atoms with E-state index in [0.29, 0.717) is 28.3 Å². The van der Waals surface area contributed by atoms with Crippen LogP contribution in [0.25, 0.3) is 0 Å². The second-order valence-corrected chi connectivity index (χ2v) is 5.41. The van der Waals surface area contributed by atoms with Gasteiger partial charge >= 0.3 is 0 Å². The SMILES string of the molecule is NC[C@H]1CCN(C(=O)COc2ccc(Cl)c(Cl)c2)C1. The van der Waals surface area contributed by atoms with Crippen LogP contribution in [0.3, 0.4) is 0 Å². The summed E-state index contributed by atoms with van der Waals surface area (Å²) in [5.41, 5.74) is 5.60. The number of hydrogen-bond acceptors (Lipinski definition) is 3. The highest BCUT2D eigenvalue weighted by Crippen LogP contribution is 2.26. The Hall–Kier alpha value is -0.970. The lowest BCUT2D eigenvalue weighted by Crippen LogP contribution is -2.33. The van der Waals surface area contributed by atoms with Gasteiger partial charge in [-0.05, 0) is 31.0 Å². The van der Waals surface area contributed by atoms with E-state index >= 15 is 0 Å². The number of ether oxygens (including phenoxy) is 1. The number of likely N-dealkylation sites (tertiary alicyclic amines) is 1. The molecule has 1 heterocycles. The van der Waals surface area contributed by atoms with E-state index in [1.807, 2.05) is 0 Å². The Morgan fingerprint density at radius 3 is 2.84 bits per heavy atom. The van der Waals surface area contributed by atoms with Gasteiger partial charge in [0.1, 0.15) is 5.75 Å². The molecule has 0 bridgehead atoms. The molecule has 1 atom stereocenters. The van der Waals surface area contributed by atoms with Gasteiger partial charge in [-0.3, -0.25) is 4.79 Å². The summed E-state index contributed by atoms with van der Waals surface area (Å²) < 4.78 is 5.42. The number of halogens is 2. The molecule has 2 rings (SSSR count). The minimum Gasteiger partial charge on any atom is -0.484 e. The van der Waals surface area contributed by atoms with Crippen LogP contribution in [0.2, 0.25) is 10.0 Å². The number of hydrogen-bond donors (Lipinski definition) is 1. The van der Waals surface area contributed by atoms with Crippen LogP contribution in [-0.2, 0) is 4.79 Å². The summed E-state index contributed by atoms with van der Waals surface area (Å²) in [6, 6.07) is 4.93. The van der Waals surface area contributed by atoms with Crippen molar-refractivity contribution in [2.45, 2.75) is 6.42 Å².